The molecule has 4 heterocycles. The molecule has 3 aliphatic carbocycles. The molecule has 3 aromatic rings. The van der Waals surface area contributed by atoms with Crippen LogP contribution in [0.15, 0.2) is 17.2 Å². The number of alkyl halides is 3. The third kappa shape index (κ3) is 2.87. The number of hydrogen-bond acceptors (Lipinski definition) is 7. The van der Waals surface area contributed by atoms with Crippen LogP contribution in [0.5, 0.6) is 0 Å². The molecule has 34 heavy (non-hydrogen) atoms. The van der Waals surface area contributed by atoms with E-state index in [1.54, 1.807) is 24.9 Å². The lowest BCUT2D eigenvalue weighted by Crippen LogP contribution is -2.70. The number of hydrogen-bond donors (Lipinski definition) is 0. The fourth-order valence-electron chi connectivity index (χ4n) is 5.73. The van der Waals surface area contributed by atoms with Crippen molar-refractivity contribution >= 4 is 17.0 Å². The summed E-state index contributed by atoms with van der Waals surface area (Å²) in [6.07, 6.45) is -0.942. The van der Waals surface area contributed by atoms with Crippen molar-refractivity contribution in [3.8, 4) is 0 Å². The van der Waals surface area contributed by atoms with Crippen LogP contribution in [0.1, 0.15) is 42.4 Å². The number of morpholine rings is 1. The first kappa shape index (κ1) is 21.5. The van der Waals surface area contributed by atoms with Gasteiger partial charge in [-0.15, -0.1) is 0 Å². The molecule has 1 saturated heterocycles. The number of rotatable bonds is 3. The molecule has 0 N–H and O–H groups in total. The number of fused-ring (bicyclic) bond motifs is 1. The van der Waals surface area contributed by atoms with E-state index < -0.39 is 17.0 Å². The van der Waals surface area contributed by atoms with Gasteiger partial charge >= 0.3 is 6.18 Å². The minimum absolute atomic E-state index is 0.0214. The molecule has 7 rings (SSSR count). The Bertz CT molecular complexity index is 1360. The van der Waals surface area contributed by atoms with E-state index in [-0.39, 0.29) is 36.4 Å². The van der Waals surface area contributed by atoms with Crippen molar-refractivity contribution < 1.29 is 17.9 Å². The fraction of sp³-hybridized carbons (Fsp3) is 0.591. The minimum Gasteiger partial charge on any atom is -0.370 e. The molecule has 0 spiro atoms. The molecule has 2 bridgehead atoms. The number of aryl methyl sites for hydroxylation is 2. The van der Waals surface area contributed by atoms with Gasteiger partial charge < -0.3 is 9.64 Å². The molecule has 4 fully saturated rings. The fourth-order valence-corrected chi connectivity index (χ4v) is 5.73. The van der Waals surface area contributed by atoms with Gasteiger partial charge in [0.05, 0.1) is 30.5 Å². The van der Waals surface area contributed by atoms with E-state index in [4.69, 9.17) is 9.72 Å². The predicted octanol–water partition coefficient (Wildman–Crippen LogP) is 2.33. The van der Waals surface area contributed by atoms with E-state index in [2.05, 4.69) is 15.1 Å². The third-order valence-corrected chi connectivity index (χ3v) is 7.72. The molecule has 4 aliphatic rings. The number of halogens is 3. The van der Waals surface area contributed by atoms with Crippen LogP contribution < -0.4 is 10.5 Å². The second kappa shape index (κ2) is 6.77. The van der Waals surface area contributed by atoms with Gasteiger partial charge in [0.15, 0.2) is 5.52 Å². The van der Waals surface area contributed by atoms with Gasteiger partial charge in [-0.3, -0.25) is 14.0 Å². The predicted molar refractivity (Wildman–Crippen MR) is 115 cm³/mol. The molecule has 1 atom stereocenters. The zero-order valence-electron chi connectivity index (χ0n) is 19.1. The Morgan fingerprint density at radius 2 is 1.85 bits per heavy atom. The summed E-state index contributed by atoms with van der Waals surface area (Å²) in [7, 11) is 3.43. The molecular formula is C22H24F3N7O2. The van der Waals surface area contributed by atoms with Crippen molar-refractivity contribution in [1.82, 2.24) is 29.3 Å². The molecule has 0 aromatic carbocycles. The maximum Gasteiger partial charge on any atom is 0.394 e. The Morgan fingerprint density at radius 1 is 1.12 bits per heavy atom. The summed E-state index contributed by atoms with van der Waals surface area (Å²) in [5.41, 5.74) is -0.853. The molecule has 0 unspecified atom stereocenters. The van der Waals surface area contributed by atoms with Crippen molar-refractivity contribution in [3.05, 3.63) is 39.8 Å². The standard InChI is InChI=1S/C22H24F3N7O2/c1-12-27-15-16(18(33)31(12)3)28-19(29-17(15)20-9-21(10-20,11-20)22(23,24)25)32-4-5-34-14(8-32)13-6-26-30(2)7-13/h6-7,14H,4-5,8-11H2,1-3H3/t14-,20?,21?/m0/s1. The molecule has 0 amide bonds. The zero-order chi connectivity index (χ0) is 24.0. The van der Waals surface area contributed by atoms with Gasteiger partial charge in [0.2, 0.25) is 5.95 Å². The SMILES string of the molecule is Cc1nc2c(C34CC(C(F)(F)F)(C3)C4)nc(N3CCO[C@H](c4cnn(C)c4)C3)nc2c(=O)n1C. The van der Waals surface area contributed by atoms with Gasteiger partial charge in [0.25, 0.3) is 5.56 Å². The monoisotopic (exact) mass is 475 g/mol. The second-order valence-electron chi connectivity index (χ2n) is 9.93. The Morgan fingerprint density at radius 3 is 2.50 bits per heavy atom. The zero-order valence-corrected chi connectivity index (χ0v) is 19.1. The molecule has 12 heteroatoms. The number of nitrogens with zero attached hydrogens (tertiary/aromatic N) is 7. The summed E-state index contributed by atoms with van der Waals surface area (Å²) in [6, 6.07) is 0. The Labute approximate surface area is 192 Å². The van der Waals surface area contributed by atoms with Gasteiger partial charge in [-0.1, -0.05) is 0 Å². The van der Waals surface area contributed by atoms with Crippen LogP contribution in [0, 0.1) is 12.3 Å². The maximum absolute atomic E-state index is 13.5. The summed E-state index contributed by atoms with van der Waals surface area (Å²) in [6.45, 7) is 3.05. The Kier molecular flexibility index (Phi) is 4.28. The summed E-state index contributed by atoms with van der Waals surface area (Å²) in [4.78, 5) is 28.9. The van der Waals surface area contributed by atoms with Crippen molar-refractivity contribution in [3.63, 3.8) is 0 Å². The van der Waals surface area contributed by atoms with Crippen molar-refractivity contribution in [2.75, 3.05) is 24.6 Å². The van der Waals surface area contributed by atoms with E-state index in [9.17, 15) is 18.0 Å². The lowest BCUT2D eigenvalue weighted by atomic mass is 9.34. The molecule has 3 saturated carbocycles. The molecule has 1 aliphatic heterocycles. The van der Waals surface area contributed by atoms with E-state index in [1.165, 1.54) is 4.57 Å². The van der Waals surface area contributed by atoms with Gasteiger partial charge in [-0.05, 0) is 26.2 Å². The van der Waals surface area contributed by atoms with Gasteiger partial charge in [0.1, 0.15) is 17.4 Å². The first-order valence-corrected chi connectivity index (χ1v) is 11.2. The largest absolute Gasteiger partial charge is 0.394 e. The highest BCUT2D eigenvalue weighted by Gasteiger charge is 2.79. The lowest BCUT2D eigenvalue weighted by molar-refractivity contribution is -0.337. The lowest BCUT2D eigenvalue weighted by Gasteiger charge is -2.70. The first-order chi connectivity index (χ1) is 16.0. The van der Waals surface area contributed by atoms with Crippen LogP contribution in [0.2, 0.25) is 0 Å². The topological polar surface area (TPSA) is 91.0 Å². The highest BCUT2D eigenvalue weighted by atomic mass is 19.4. The summed E-state index contributed by atoms with van der Waals surface area (Å²) < 4.78 is 49.7. The Balaban J connectivity index is 1.43. The first-order valence-electron chi connectivity index (χ1n) is 11.2. The highest BCUT2D eigenvalue weighted by molar-refractivity contribution is 5.79. The van der Waals surface area contributed by atoms with E-state index in [0.717, 1.165) is 5.56 Å². The average Bonchev–Trinajstić information content (AvgIpc) is 3.16. The van der Waals surface area contributed by atoms with Crippen LogP contribution in [-0.4, -0.2) is 55.2 Å². The third-order valence-electron chi connectivity index (χ3n) is 7.72. The maximum atomic E-state index is 13.5. The number of aromatic nitrogens is 6. The summed E-state index contributed by atoms with van der Waals surface area (Å²) in [5.74, 6) is 0.795. The minimum atomic E-state index is -4.24. The van der Waals surface area contributed by atoms with Crippen molar-refractivity contribution in [2.24, 2.45) is 19.5 Å². The van der Waals surface area contributed by atoms with Gasteiger partial charge in [-0.25, -0.2) is 15.0 Å². The molecule has 0 radical (unpaired) electrons. The normalized spacial score (nSPS) is 28.6. The molecular weight excluding hydrogens is 451 g/mol. The van der Waals surface area contributed by atoms with E-state index in [0.29, 0.717) is 42.7 Å². The van der Waals surface area contributed by atoms with Crippen LogP contribution in [-0.2, 0) is 24.2 Å². The summed E-state index contributed by atoms with van der Waals surface area (Å²) >= 11 is 0. The smallest absolute Gasteiger partial charge is 0.370 e. The summed E-state index contributed by atoms with van der Waals surface area (Å²) in [5, 5.41) is 4.20. The number of ether oxygens (including phenoxy) is 1. The van der Waals surface area contributed by atoms with E-state index in [1.807, 2.05) is 18.1 Å². The Hall–Kier alpha value is -3.02. The van der Waals surface area contributed by atoms with Crippen molar-refractivity contribution in [1.29, 1.82) is 0 Å². The van der Waals surface area contributed by atoms with Crippen molar-refractivity contribution in [2.45, 2.75) is 43.9 Å². The van der Waals surface area contributed by atoms with Crippen LogP contribution in [0.3, 0.4) is 0 Å². The number of anilines is 1. The highest BCUT2D eigenvalue weighted by Crippen LogP contribution is 2.78. The quantitative estimate of drug-likeness (QED) is 0.574. The second-order valence-corrected chi connectivity index (χ2v) is 9.93. The van der Waals surface area contributed by atoms with Crippen LogP contribution in [0.4, 0.5) is 19.1 Å². The molecule has 180 valence electrons. The van der Waals surface area contributed by atoms with E-state index >= 15 is 0 Å². The van der Waals surface area contributed by atoms with Crippen LogP contribution in [0.25, 0.3) is 11.0 Å². The molecule has 9 nitrogen and oxygen atoms in total. The van der Waals surface area contributed by atoms with Crippen LogP contribution >= 0.6 is 0 Å². The van der Waals surface area contributed by atoms with Gasteiger partial charge in [0, 0.05) is 37.8 Å². The molecule has 3 aromatic heterocycles. The van der Waals surface area contributed by atoms with Gasteiger partial charge in [-0.2, -0.15) is 18.3 Å². The average molecular weight is 475 g/mol.